The average molecular weight is 264 g/mol. The van der Waals surface area contributed by atoms with E-state index in [0.29, 0.717) is 13.2 Å². The Balaban J connectivity index is 2.47. The number of carbonyl (C=O) groups is 1. The van der Waals surface area contributed by atoms with Crippen molar-refractivity contribution in [1.29, 1.82) is 0 Å². The molecule has 1 rings (SSSR count). The van der Waals surface area contributed by atoms with Crippen molar-refractivity contribution in [2.45, 2.75) is 32.9 Å². The SMILES string of the molecule is COCCNC(=O)C(C)N[C@@H](C)c1cccc(C)c1. The van der Waals surface area contributed by atoms with Crippen LogP contribution in [-0.4, -0.2) is 32.2 Å². The van der Waals surface area contributed by atoms with Crippen molar-refractivity contribution in [3.63, 3.8) is 0 Å². The normalized spacial score (nSPS) is 13.9. The molecule has 1 aromatic carbocycles. The number of aryl methyl sites for hydroxylation is 1. The summed E-state index contributed by atoms with van der Waals surface area (Å²) in [5.41, 5.74) is 2.42. The second-order valence-corrected chi connectivity index (χ2v) is 4.81. The van der Waals surface area contributed by atoms with Crippen LogP contribution >= 0.6 is 0 Å². The van der Waals surface area contributed by atoms with Crippen molar-refractivity contribution in [2.24, 2.45) is 0 Å². The van der Waals surface area contributed by atoms with E-state index in [1.165, 1.54) is 11.1 Å². The van der Waals surface area contributed by atoms with Gasteiger partial charge in [-0.2, -0.15) is 0 Å². The summed E-state index contributed by atoms with van der Waals surface area (Å²) in [4.78, 5) is 11.8. The van der Waals surface area contributed by atoms with Gasteiger partial charge in [-0.15, -0.1) is 0 Å². The van der Waals surface area contributed by atoms with Gasteiger partial charge in [0.2, 0.25) is 5.91 Å². The summed E-state index contributed by atoms with van der Waals surface area (Å²) in [6.07, 6.45) is 0. The molecule has 106 valence electrons. The molecular formula is C15H24N2O2. The van der Waals surface area contributed by atoms with Gasteiger partial charge in [0.15, 0.2) is 0 Å². The number of rotatable bonds is 7. The molecule has 0 radical (unpaired) electrons. The fourth-order valence-electron chi connectivity index (χ4n) is 1.92. The average Bonchev–Trinajstić information content (AvgIpc) is 2.38. The molecule has 0 aromatic heterocycles. The maximum Gasteiger partial charge on any atom is 0.236 e. The molecule has 1 amide bonds. The maximum absolute atomic E-state index is 11.8. The Morgan fingerprint density at radius 2 is 2.11 bits per heavy atom. The van der Waals surface area contributed by atoms with Gasteiger partial charge in [-0.1, -0.05) is 29.8 Å². The third-order valence-corrected chi connectivity index (χ3v) is 3.04. The zero-order chi connectivity index (χ0) is 14.3. The summed E-state index contributed by atoms with van der Waals surface area (Å²) in [5, 5.41) is 6.12. The fraction of sp³-hybridized carbons (Fsp3) is 0.533. The van der Waals surface area contributed by atoms with Gasteiger partial charge in [-0.05, 0) is 26.3 Å². The number of amides is 1. The number of hydrogen-bond acceptors (Lipinski definition) is 3. The molecule has 0 fully saturated rings. The van der Waals surface area contributed by atoms with Crippen LogP contribution in [0.2, 0.25) is 0 Å². The van der Waals surface area contributed by atoms with Crippen LogP contribution in [0.5, 0.6) is 0 Å². The maximum atomic E-state index is 11.8. The van der Waals surface area contributed by atoms with E-state index < -0.39 is 0 Å². The molecule has 0 aliphatic heterocycles. The highest BCUT2D eigenvalue weighted by Crippen LogP contribution is 2.14. The predicted molar refractivity (Wildman–Crippen MR) is 77.1 cm³/mol. The van der Waals surface area contributed by atoms with Gasteiger partial charge in [0, 0.05) is 19.7 Å². The van der Waals surface area contributed by atoms with Crippen molar-refractivity contribution >= 4 is 5.91 Å². The molecule has 0 aliphatic carbocycles. The van der Waals surface area contributed by atoms with E-state index in [-0.39, 0.29) is 18.0 Å². The van der Waals surface area contributed by atoms with Crippen LogP contribution in [0.4, 0.5) is 0 Å². The minimum Gasteiger partial charge on any atom is -0.383 e. The first-order valence-electron chi connectivity index (χ1n) is 6.64. The minimum absolute atomic E-state index is 0.00319. The molecule has 2 N–H and O–H groups in total. The van der Waals surface area contributed by atoms with Crippen LogP contribution in [0.25, 0.3) is 0 Å². The van der Waals surface area contributed by atoms with Crippen LogP contribution in [0.3, 0.4) is 0 Å². The van der Waals surface area contributed by atoms with E-state index in [2.05, 4.69) is 42.7 Å². The lowest BCUT2D eigenvalue weighted by Gasteiger charge is -2.20. The lowest BCUT2D eigenvalue weighted by molar-refractivity contribution is -0.123. The molecule has 0 spiro atoms. The number of ether oxygens (including phenoxy) is 1. The smallest absolute Gasteiger partial charge is 0.236 e. The summed E-state index contributed by atoms with van der Waals surface area (Å²) in [7, 11) is 1.62. The largest absolute Gasteiger partial charge is 0.383 e. The van der Waals surface area contributed by atoms with Crippen LogP contribution in [0, 0.1) is 6.92 Å². The standard InChI is InChI=1S/C15H24N2O2/c1-11-6-5-7-14(10-11)12(2)17-13(3)15(18)16-8-9-19-4/h5-7,10,12-13,17H,8-9H2,1-4H3,(H,16,18)/t12-,13?/m0/s1. The van der Waals surface area contributed by atoms with Gasteiger partial charge in [-0.3, -0.25) is 10.1 Å². The molecule has 0 aliphatic rings. The lowest BCUT2D eigenvalue weighted by atomic mass is 10.1. The van der Waals surface area contributed by atoms with Gasteiger partial charge in [0.25, 0.3) is 0 Å². The molecular weight excluding hydrogens is 240 g/mol. The van der Waals surface area contributed by atoms with Crippen molar-refractivity contribution in [3.8, 4) is 0 Å². The zero-order valence-corrected chi connectivity index (χ0v) is 12.2. The summed E-state index contributed by atoms with van der Waals surface area (Å²) >= 11 is 0. The Morgan fingerprint density at radius 1 is 1.37 bits per heavy atom. The molecule has 0 saturated carbocycles. The van der Waals surface area contributed by atoms with Crippen molar-refractivity contribution in [2.75, 3.05) is 20.3 Å². The van der Waals surface area contributed by atoms with Gasteiger partial charge < -0.3 is 10.1 Å². The van der Waals surface area contributed by atoms with Crippen molar-refractivity contribution < 1.29 is 9.53 Å². The minimum atomic E-state index is -0.229. The van der Waals surface area contributed by atoms with Gasteiger partial charge >= 0.3 is 0 Å². The van der Waals surface area contributed by atoms with Crippen molar-refractivity contribution in [3.05, 3.63) is 35.4 Å². The molecule has 0 saturated heterocycles. The Bertz CT molecular complexity index is 407. The van der Waals surface area contributed by atoms with Crippen LogP contribution in [-0.2, 0) is 9.53 Å². The third-order valence-electron chi connectivity index (χ3n) is 3.04. The van der Waals surface area contributed by atoms with Crippen LogP contribution in [0.1, 0.15) is 31.0 Å². The fourth-order valence-corrected chi connectivity index (χ4v) is 1.92. The van der Waals surface area contributed by atoms with E-state index in [1.54, 1.807) is 7.11 Å². The molecule has 1 unspecified atom stereocenters. The third kappa shape index (κ3) is 5.41. The Labute approximate surface area is 115 Å². The number of methoxy groups -OCH3 is 1. The summed E-state index contributed by atoms with van der Waals surface area (Å²) < 4.78 is 4.90. The van der Waals surface area contributed by atoms with E-state index in [9.17, 15) is 4.79 Å². The topological polar surface area (TPSA) is 50.4 Å². The number of hydrogen-bond donors (Lipinski definition) is 2. The highest BCUT2D eigenvalue weighted by Gasteiger charge is 2.15. The highest BCUT2D eigenvalue weighted by atomic mass is 16.5. The Kier molecular flexibility index (Phi) is 6.53. The molecule has 0 bridgehead atoms. The van der Waals surface area contributed by atoms with E-state index in [0.717, 1.165) is 0 Å². The highest BCUT2D eigenvalue weighted by molar-refractivity contribution is 5.81. The number of benzene rings is 1. The van der Waals surface area contributed by atoms with E-state index in [1.807, 2.05) is 13.0 Å². The molecule has 4 heteroatoms. The van der Waals surface area contributed by atoms with E-state index >= 15 is 0 Å². The quantitative estimate of drug-likeness (QED) is 0.738. The molecule has 1 aromatic rings. The van der Waals surface area contributed by atoms with Gasteiger partial charge in [-0.25, -0.2) is 0 Å². The van der Waals surface area contributed by atoms with Crippen molar-refractivity contribution in [1.82, 2.24) is 10.6 Å². The molecule has 2 atom stereocenters. The first kappa shape index (κ1) is 15.7. The number of carbonyl (C=O) groups excluding carboxylic acids is 1. The second kappa shape index (κ2) is 7.92. The van der Waals surface area contributed by atoms with Crippen LogP contribution in [0.15, 0.2) is 24.3 Å². The Morgan fingerprint density at radius 3 is 2.74 bits per heavy atom. The van der Waals surface area contributed by atoms with Crippen LogP contribution < -0.4 is 10.6 Å². The zero-order valence-electron chi connectivity index (χ0n) is 12.2. The molecule has 4 nitrogen and oxygen atoms in total. The second-order valence-electron chi connectivity index (χ2n) is 4.81. The molecule has 0 heterocycles. The van der Waals surface area contributed by atoms with E-state index in [4.69, 9.17) is 4.74 Å². The summed E-state index contributed by atoms with van der Waals surface area (Å²) in [5.74, 6) is -0.00319. The first-order valence-corrected chi connectivity index (χ1v) is 6.64. The lowest BCUT2D eigenvalue weighted by Crippen LogP contribution is -2.44. The summed E-state index contributed by atoms with van der Waals surface area (Å²) in [6, 6.07) is 8.21. The molecule has 19 heavy (non-hydrogen) atoms. The van der Waals surface area contributed by atoms with Gasteiger partial charge in [0.1, 0.15) is 0 Å². The summed E-state index contributed by atoms with van der Waals surface area (Å²) in [6.45, 7) is 7.07. The monoisotopic (exact) mass is 264 g/mol. The number of nitrogens with one attached hydrogen (secondary N) is 2. The van der Waals surface area contributed by atoms with Gasteiger partial charge in [0.05, 0.1) is 12.6 Å². The predicted octanol–water partition coefficient (Wildman–Crippen LogP) is 1.80. The first-order chi connectivity index (χ1) is 9.04. The Hall–Kier alpha value is -1.39.